The molecule has 0 fully saturated rings. The van der Waals surface area contributed by atoms with Crippen LogP contribution in [0.1, 0.15) is 0 Å². The first-order valence-electron chi connectivity index (χ1n) is 7.98. The number of fused-ring (bicyclic) bond motifs is 1. The molecule has 2 aromatic carbocycles. The van der Waals surface area contributed by atoms with Gasteiger partial charge in [-0.1, -0.05) is 12.1 Å². The van der Waals surface area contributed by atoms with Crippen LogP contribution in [0.15, 0.2) is 60.3 Å². The Morgan fingerprint density at radius 3 is 2.69 bits per heavy atom. The van der Waals surface area contributed by atoms with E-state index in [-0.39, 0.29) is 17.4 Å². The monoisotopic (exact) mass is 351 g/mol. The quantitative estimate of drug-likeness (QED) is 0.433. The smallest absolute Gasteiger partial charge is 0.267 e. The second kappa shape index (κ2) is 7.94. The molecule has 26 heavy (non-hydrogen) atoms. The Bertz CT molecular complexity index is 856. The van der Waals surface area contributed by atoms with Crippen LogP contribution in [-0.2, 0) is 4.79 Å². The van der Waals surface area contributed by atoms with Gasteiger partial charge in [0.1, 0.15) is 30.1 Å². The van der Waals surface area contributed by atoms with Crippen LogP contribution in [0.5, 0.6) is 17.2 Å². The largest absolute Gasteiger partial charge is 0.508 e. The third-order valence-corrected chi connectivity index (χ3v) is 3.65. The number of nitrogens with one attached hydrogen (secondary N) is 2. The third kappa shape index (κ3) is 4.24. The second-order valence-corrected chi connectivity index (χ2v) is 5.58. The molecule has 0 spiro atoms. The minimum absolute atomic E-state index is 0.0739. The van der Waals surface area contributed by atoms with Crippen LogP contribution in [-0.4, -0.2) is 30.3 Å². The summed E-state index contributed by atoms with van der Waals surface area (Å²) in [5.41, 5.74) is 0.407. The predicted octanol–water partition coefficient (Wildman–Crippen LogP) is 2.17. The highest BCUT2D eigenvalue weighted by atomic mass is 16.6. The van der Waals surface area contributed by atoms with Crippen LogP contribution in [0.4, 0.5) is 5.69 Å². The molecule has 7 nitrogen and oxygen atoms in total. The summed E-state index contributed by atoms with van der Waals surface area (Å²) in [6.07, 6.45) is 1.11. The minimum atomic E-state index is -0.545. The molecule has 1 heterocycles. The molecule has 2 aromatic rings. The lowest BCUT2D eigenvalue weighted by Crippen LogP contribution is -2.37. The van der Waals surface area contributed by atoms with Crippen LogP contribution in [0.2, 0.25) is 0 Å². The van der Waals surface area contributed by atoms with Gasteiger partial charge in [-0.2, -0.15) is 5.26 Å². The molecule has 0 radical (unpaired) electrons. The molecule has 1 atom stereocenters. The molecule has 1 aliphatic heterocycles. The number of hydrogen-bond acceptors (Lipinski definition) is 6. The van der Waals surface area contributed by atoms with Crippen molar-refractivity contribution in [2.75, 3.05) is 18.5 Å². The van der Waals surface area contributed by atoms with Crippen LogP contribution >= 0.6 is 0 Å². The zero-order chi connectivity index (χ0) is 18.4. The lowest BCUT2D eigenvalue weighted by atomic mass is 10.2. The highest BCUT2D eigenvalue weighted by molar-refractivity contribution is 6.06. The molecular weight excluding hydrogens is 334 g/mol. The number of hydrogen-bond donors (Lipinski definition) is 3. The van der Waals surface area contributed by atoms with Gasteiger partial charge >= 0.3 is 0 Å². The number of nitriles is 1. The lowest BCUT2D eigenvalue weighted by molar-refractivity contribution is -0.112. The Morgan fingerprint density at radius 1 is 1.23 bits per heavy atom. The number of para-hydroxylation sites is 2. The van der Waals surface area contributed by atoms with Gasteiger partial charge in [-0.3, -0.25) is 4.79 Å². The first kappa shape index (κ1) is 17.2. The summed E-state index contributed by atoms with van der Waals surface area (Å²) in [6.45, 7) is 0.755. The number of aromatic hydroxyl groups is 1. The Balaban J connectivity index is 1.54. The number of carbonyl (C=O) groups excluding carboxylic acids is 1. The van der Waals surface area contributed by atoms with Crippen molar-refractivity contribution in [2.45, 2.75) is 6.10 Å². The topological polar surface area (TPSA) is 104 Å². The maximum atomic E-state index is 12.1. The average Bonchev–Trinajstić information content (AvgIpc) is 2.67. The van der Waals surface area contributed by atoms with Gasteiger partial charge in [0.05, 0.1) is 6.54 Å². The van der Waals surface area contributed by atoms with Crippen LogP contribution in [0.3, 0.4) is 0 Å². The van der Waals surface area contributed by atoms with Gasteiger partial charge in [-0.25, -0.2) is 0 Å². The summed E-state index contributed by atoms with van der Waals surface area (Å²) in [7, 11) is 0. The van der Waals surface area contributed by atoms with E-state index in [0.29, 0.717) is 30.3 Å². The summed E-state index contributed by atoms with van der Waals surface area (Å²) < 4.78 is 11.4. The fourth-order valence-corrected chi connectivity index (χ4v) is 2.35. The van der Waals surface area contributed by atoms with Crippen molar-refractivity contribution in [2.24, 2.45) is 0 Å². The fourth-order valence-electron chi connectivity index (χ4n) is 2.35. The van der Waals surface area contributed by atoms with E-state index < -0.39 is 5.91 Å². The zero-order valence-electron chi connectivity index (χ0n) is 13.8. The van der Waals surface area contributed by atoms with Gasteiger partial charge in [-0.15, -0.1) is 0 Å². The van der Waals surface area contributed by atoms with Crippen molar-refractivity contribution in [1.82, 2.24) is 5.32 Å². The molecule has 0 bridgehead atoms. The number of anilines is 1. The van der Waals surface area contributed by atoms with Crippen molar-refractivity contribution < 1.29 is 19.4 Å². The van der Waals surface area contributed by atoms with E-state index in [9.17, 15) is 15.2 Å². The third-order valence-electron chi connectivity index (χ3n) is 3.65. The molecule has 3 N–H and O–H groups in total. The zero-order valence-corrected chi connectivity index (χ0v) is 13.8. The molecule has 1 unspecified atom stereocenters. The first-order chi connectivity index (χ1) is 12.7. The Hall–Kier alpha value is -3.66. The SMILES string of the molecule is N#C/C(=C/NCC1COc2ccccc2O1)C(=O)Nc1ccc(O)cc1. The van der Waals surface area contributed by atoms with Crippen molar-refractivity contribution >= 4 is 11.6 Å². The molecule has 0 saturated carbocycles. The number of benzene rings is 2. The Morgan fingerprint density at radius 2 is 1.96 bits per heavy atom. The summed E-state index contributed by atoms with van der Waals surface area (Å²) in [6, 6.07) is 15.2. The molecule has 0 aliphatic carbocycles. The highest BCUT2D eigenvalue weighted by Gasteiger charge is 2.20. The van der Waals surface area contributed by atoms with Crippen molar-refractivity contribution in [3.63, 3.8) is 0 Å². The summed E-state index contributed by atoms with van der Waals surface area (Å²) in [4.78, 5) is 12.1. The Kier molecular flexibility index (Phi) is 5.25. The highest BCUT2D eigenvalue weighted by Crippen LogP contribution is 2.30. The van der Waals surface area contributed by atoms with E-state index in [2.05, 4.69) is 10.6 Å². The van der Waals surface area contributed by atoms with E-state index in [1.807, 2.05) is 30.3 Å². The molecule has 1 aliphatic rings. The van der Waals surface area contributed by atoms with Crippen molar-refractivity contribution in [3.05, 3.63) is 60.3 Å². The summed E-state index contributed by atoms with van der Waals surface area (Å²) in [5.74, 6) is 0.916. The van der Waals surface area contributed by atoms with E-state index >= 15 is 0 Å². The van der Waals surface area contributed by atoms with Gasteiger partial charge in [0.25, 0.3) is 5.91 Å². The van der Waals surface area contributed by atoms with Crippen molar-refractivity contribution in [3.8, 4) is 23.3 Å². The second-order valence-electron chi connectivity index (χ2n) is 5.58. The molecule has 3 rings (SSSR count). The maximum Gasteiger partial charge on any atom is 0.267 e. The number of phenolic OH excluding ortho intramolecular Hbond substituents is 1. The minimum Gasteiger partial charge on any atom is -0.508 e. The van der Waals surface area contributed by atoms with Crippen LogP contribution < -0.4 is 20.1 Å². The molecule has 132 valence electrons. The van der Waals surface area contributed by atoms with E-state index in [0.717, 1.165) is 0 Å². The number of ether oxygens (including phenoxy) is 2. The molecule has 1 amide bonds. The van der Waals surface area contributed by atoms with Gasteiger partial charge in [0.2, 0.25) is 0 Å². The van der Waals surface area contributed by atoms with Gasteiger partial charge < -0.3 is 25.2 Å². The van der Waals surface area contributed by atoms with E-state index in [1.54, 1.807) is 12.1 Å². The number of nitrogens with zero attached hydrogens (tertiary/aromatic N) is 1. The standard InChI is InChI=1S/C19H17N3O4/c20-9-13(19(24)22-14-5-7-15(23)8-6-14)10-21-11-16-12-25-17-3-1-2-4-18(17)26-16/h1-8,10,16,21,23H,11-12H2,(H,22,24)/b13-10-. The molecule has 0 aromatic heterocycles. The fraction of sp³-hybridized carbons (Fsp3) is 0.158. The molecule has 7 heteroatoms. The van der Waals surface area contributed by atoms with Crippen molar-refractivity contribution in [1.29, 1.82) is 5.26 Å². The van der Waals surface area contributed by atoms with E-state index in [4.69, 9.17) is 9.47 Å². The molecule has 0 saturated heterocycles. The normalized spacial score (nSPS) is 15.7. The predicted molar refractivity (Wildman–Crippen MR) is 94.8 cm³/mol. The number of amides is 1. The average molecular weight is 351 g/mol. The maximum absolute atomic E-state index is 12.1. The number of rotatable bonds is 5. The van der Waals surface area contributed by atoms with Crippen LogP contribution in [0.25, 0.3) is 0 Å². The molecular formula is C19H17N3O4. The Labute approximate surface area is 150 Å². The number of phenols is 1. The van der Waals surface area contributed by atoms with E-state index in [1.165, 1.54) is 18.3 Å². The number of carbonyl (C=O) groups is 1. The lowest BCUT2D eigenvalue weighted by Gasteiger charge is -2.26. The summed E-state index contributed by atoms with van der Waals surface area (Å²) >= 11 is 0. The summed E-state index contributed by atoms with van der Waals surface area (Å²) in [5, 5.41) is 23.9. The van der Waals surface area contributed by atoms with Gasteiger partial charge in [-0.05, 0) is 36.4 Å². The first-order valence-corrected chi connectivity index (χ1v) is 7.98. The van der Waals surface area contributed by atoms with Gasteiger partial charge in [0, 0.05) is 11.9 Å². The van der Waals surface area contributed by atoms with Crippen LogP contribution in [0, 0.1) is 11.3 Å². The van der Waals surface area contributed by atoms with Gasteiger partial charge in [0.15, 0.2) is 11.5 Å².